The van der Waals surface area contributed by atoms with E-state index in [0.29, 0.717) is 0 Å². The molecule has 0 saturated carbocycles. The molecular weight excluding hydrogens is 122 g/mol. The number of nitrogens with zero attached hydrogens (tertiary/aromatic N) is 3. The summed E-state index contributed by atoms with van der Waals surface area (Å²) in [5.41, 5.74) is 0. The summed E-state index contributed by atoms with van der Waals surface area (Å²) in [7, 11) is 1.53. The second kappa shape index (κ2) is 1.85. The van der Waals surface area contributed by atoms with Crippen molar-refractivity contribution in [1.82, 2.24) is 9.78 Å². The lowest BCUT2D eigenvalue weighted by molar-refractivity contribution is -0.392. The molecule has 0 amide bonds. The monoisotopic (exact) mass is 127 g/mol. The molecule has 0 aromatic carbocycles. The molecule has 1 rings (SSSR count). The minimum Gasteiger partial charge on any atom is -0.358 e. The average molecular weight is 127 g/mol. The number of rotatable bonds is 1. The summed E-state index contributed by atoms with van der Waals surface area (Å²) in [6.45, 7) is 0. The zero-order chi connectivity index (χ0) is 6.85. The summed E-state index contributed by atoms with van der Waals surface area (Å²) in [6.07, 6.45) is 1.39. The first-order valence-corrected chi connectivity index (χ1v) is 2.34. The zero-order valence-electron chi connectivity index (χ0n) is 4.81. The van der Waals surface area contributed by atoms with Gasteiger partial charge in [0.05, 0.1) is 12.3 Å². The van der Waals surface area contributed by atoms with Gasteiger partial charge < -0.3 is 10.1 Å². The maximum Gasteiger partial charge on any atom is 0.344 e. The molecule has 0 aliphatic rings. The fourth-order valence-electron chi connectivity index (χ4n) is 0.546. The highest BCUT2D eigenvalue weighted by atomic mass is 16.6. The van der Waals surface area contributed by atoms with Crippen molar-refractivity contribution < 1.29 is 4.92 Å². The van der Waals surface area contributed by atoms with E-state index in [0.717, 1.165) is 0 Å². The van der Waals surface area contributed by atoms with Crippen LogP contribution in [0.1, 0.15) is 0 Å². The topological polar surface area (TPSA) is 61.0 Å². The summed E-state index contributed by atoms with van der Waals surface area (Å²) in [6, 6.07) is 1.35. The van der Waals surface area contributed by atoms with Crippen LogP contribution in [0.3, 0.4) is 0 Å². The van der Waals surface area contributed by atoms with E-state index in [1.165, 1.54) is 24.0 Å². The highest BCUT2D eigenvalue weighted by Crippen LogP contribution is 2.05. The Bertz CT molecular complexity index is 229. The number of hydrogen-bond acceptors (Lipinski definition) is 3. The van der Waals surface area contributed by atoms with Gasteiger partial charge in [-0.1, -0.05) is 5.10 Å². The average Bonchev–Trinajstić information content (AvgIpc) is 2.13. The molecule has 0 aliphatic heterocycles. The molecule has 5 heteroatoms. The van der Waals surface area contributed by atoms with Crippen molar-refractivity contribution in [2.75, 3.05) is 0 Å². The van der Waals surface area contributed by atoms with Crippen LogP contribution in [0.25, 0.3) is 0 Å². The van der Waals surface area contributed by atoms with Gasteiger partial charge in [0, 0.05) is 0 Å². The van der Waals surface area contributed by atoms with E-state index < -0.39 is 4.92 Å². The molecule has 0 spiro atoms. The number of nitro groups is 1. The number of hydrogen-bond donors (Lipinski definition) is 0. The molecule has 0 atom stereocenters. The molecule has 0 radical (unpaired) electrons. The lowest BCUT2D eigenvalue weighted by atomic mass is 10.7. The third-order valence-corrected chi connectivity index (χ3v) is 0.982. The van der Waals surface area contributed by atoms with Gasteiger partial charge in [-0.05, 0) is 4.92 Å². The van der Waals surface area contributed by atoms with E-state index in [1.807, 2.05) is 0 Å². The molecule has 0 N–H and O–H groups in total. The van der Waals surface area contributed by atoms with Gasteiger partial charge in [-0.25, -0.2) is 0 Å². The first-order valence-electron chi connectivity index (χ1n) is 2.34. The van der Waals surface area contributed by atoms with Gasteiger partial charge in [-0.3, -0.25) is 0 Å². The maximum absolute atomic E-state index is 10.0. The van der Waals surface area contributed by atoms with Gasteiger partial charge in [-0.2, -0.15) is 0 Å². The van der Waals surface area contributed by atoms with Crippen molar-refractivity contribution in [2.45, 2.75) is 0 Å². The molecular formula is C4H5N3O2. The fraction of sp³-hybridized carbons (Fsp3) is 0.250. The molecule has 0 bridgehead atoms. The Morgan fingerprint density at radius 1 is 1.89 bits per heavy atom. The Morgan fingerprint density at radius 3 is 2.78 bits per heavy atom. The smallest absolute Gasteiger partial charge is 0.344 e. The lowest BCUT2D eigenvalue weighted by Crippen LogP contribution is -1.97. The normalized spacial score (nSPS) is 9.44. The van der Waals surface area contributed by atoms with Crippen molar-refractivity contribution in [3.8, 4) is 0 Å². The standard InChI is InChI=1S/C4H5N3O2/c1-6-4(7(8)9)2-3-5-6/h2-3H,1H3. The lowest BCUT2D eigenvalue weighted by Gasteiger charge is -1.89. The van der Waals surface area contributed by atoms with Crippen LogP contribution in [0.5, 0.6) is 0 Å². The number of aryl methyl sites for hydroxylation is 1. The highest BCUT2D eigenvalue weighted by molar-refractivity contribution is 5.15. The van der Waals surface area contributed by atoms with Crippen LogP contribution in [-0.2, 0) is 7.05 Å². The fourth-order valence-corrected chi connectivity index (χ4v) is 0.546. The highest BCUT2D eigenvalue weighted by Gasteiger charge is 2.06. The molecule has 0 aliphatic carbocycles. The Labute approximate surface area is 51.1 Å². The van der Waals surface area contributed by atoms with Crippen LogP contribution in [0.4, 0.5) is 5.82 Å². The van der Waals surface area contributed by atoms with Gasteiger partial charge in [0.15, 0.2) is 0 Å². The van der Waals surface area contributed by atoms with E-state index in [4.69, 9.17) is 0 Å². The summed E-state index contributed by atoms with van der Waals surface area (Å²) in [5.74, 6) is 0.00926. The first-order chi connectivity index (χ1) is 4.22. The van der Waals surface area contributed by atoms with Crippen molar-refractivity contribution in [3.63, 3.8) is 0 Å². The Hall–Kier alpha value is -1.39. The predicted molar refractivity (Wildman–Crippen MR) is 29.9 cm³/mol. The maximum atomic E-state index is 10.0. The predicted octanol–water partition coefficient (Wildman–Crippen LogP) is 0.328. The molecule has 1 heterocycles. The van der Waals surface area contributed by atoms with Crippen LogP contribution in [-0.4, -0.2) is 14.7 Å². The summed E-state index contributed by atoms with van der Waals surface area (Å²) in [4.78, 5) is 9.55. The summed E-state index contributed by atoms with van der Waals surface area (Å²) < 4.78 is 1.21. The van der Waals surface area contributed by atoms with E-state index in [-0.39, 0.29) is 5.82 Å². The minimum atomic E-state index is -0.479. The van der Waals surface area contributed by atoms with E-state index in [9.17, 15) is 10.1 Å². The molecule has 5 nitrogen and oxygen atoms in total. The molecule has 0 saturated heterocycles. The van der Waals surface area contributed by atoms with Crippen LogP contribution >= 0.6 is 0 Å². The summed E-state index contributed by atoms with van der Waals surface area (Å²) in [5, 5.41) is 13.6. The van der Waals surface area contributed by atoms with Crippen LogP contribution in [0.15, 0.2) is 12.3 Å². The van der Waals surface area contributed by atoms with Crippen molar-refractivity contribution in [2.24, 2.45) is 7.05 Å². The van der Waals surface area contributed by atoms with Crippen molar-refractivity contribution >= 4 is 5.82 Å². The second-order valence-electron chi connectivity index (χ2n) is 1.57. The first kappa shape index (κ1) is 5.74. The molecule has 48 valence electrons. The second-order valence-corrected chi connectivity index (χ2v) is 1.57. The van der Waals surface area contributed by atoms with E-state index in [1.54, 1.807) is 0 Å². The van der Waals surface area contributed by atoms with Gasteiger partial charge in [0.25, 0.3) is 0 Å². The van der Waals surface area contributed by atoms with E-state index >= 15 is 0 Å². The molecule has 1 aromatic rings. The Balaban J connectivity index is 3.08. The van der Waals surface area contributed by atoms with E-state index in [2.05, 4.69) is 5.10 Å². The quantitative estimate of drug-likeness (QED) is 0.403. The largest absolute Gasteiger partial charge is 0.358 e. The molecule has 0 fully saturated rings. The Morgan fingerprint density at radius 2 is 2.56 bits per heavy atom. The van der Waals surface area contributed by atoms with Gasteiger partial charge >= 0.3 is 5.82 Å². The van der Waals surface area contributed by atoms with Crippen LogP contribution in [0, 0.1) is 10.1 Å². The molecule has 1 aromatic heterocycles. The third kappa shape index (κ3) is 0.883. The van der Waals surface area contributed by atoms with Gasteiger partial charge in [0.2, 0.25) is 0 Å². The SMILES string of the molecule is Cn1nccc1[N+](=O)[O-]. The molecule has 9 heavy (non-hydrogen) atoms. The van der Waals surface area contributed by atoms with Gasteiger partial charge in [-0.15, -0.1) is 4.68 Å². The number of aromatic nitrogens is 2. The van der Waals surface area contributed by atoms with Crippen LogP contribution in [0.2, 0.25) is 0 Å². The van der Waals surface area contributed by atoms with Crippen LogP contribution < -0.4 is 0 Å². The third-order valence-electron chi connectivity index (χ3n) is 0.982. The van der Waals surface area contributed by atoms with Gasteiger partial charge in [0.1, 0.15) is 7.05 Å². The zero-order valence-corrected chi connectivity index (χ0v) is 4.81. The Kier molecular flexibility index (Phi) is 1.18. The minimum absolute atomic E-state index is 0.00926. The summed E-state index contributed by atoms with van der Waals surface area (Å²) >= 11 is 0. The van der Waals surface area contributed by atoms with Crippen molar-refractivity contribution in [1.29, 1.82) is 0 Å². The van der Waals surface area contributed by atoms with Crippen molar-refractivity contribution in [3.05, 3.63) is 22.4 Å². The molecule has 0 unspecified atom stereocenters.